The molecule has 0 bridgehead atoms. The lowest BCUT2D eigenvalue weighted by molar-refractivity contribution is 0.453. The zero-order valence-electron chi connectivity index (χ0n) is 10.4. The molecule has 3 rings (SSSR count). The predicted molar refractivity (Wildman–Crippen MR) is 80.7 cm³/mol. The number of aromatic nitrogens is 1. The molecule has 0 aliphatic carbocycles. The second kappa shape index (κ2) is 5.31. The lowest BCUT2D eigenvalue weighted by atomic mass is 10.2. The van der Waals surface area contributed by atoms with E-state index >= 15 is 0 Å². The lowest BCUT2D eigenvalue weighted by Gasteiger charge is -1.95. The number of fused-ring (bicyclic) bond motifs is 1. The normalized spacial score (nSPS) is 11.2. The molecule has 0 spiro atoms. The van der Waals surface area contributed by atoms with E-state index in [-0.39, 0.29) is 11.0 Å². The first-order valence-electron chi connectivity index (χ1n) is 6.07. The van der Waals surface area contributed by atoms with Crippen LogP contribution in [0, 0.1) is 0 Å². The number of benzene rings is 1. The van der Waals surface area contributed by atoms with Crippen molar-refractivity contribution in [1.82, 2.24) is 5.16 Å². The molecule has 3 nitrogen and oxygen atoms in total. The summed E-state index contributed by atoms with van der Waals surface area (Å²) < 4.78 is 5.11. The molecule has 1 aromatic heterocycles. The monoisotopic (exact) mass is 283 g/mol. The average Bonchev–Trinajstić information content (AvgIpc) is 2.76. The molecule has 0 saturated heterocycles. The maximum absolute atomic E-state index is 11.7. The van der Waals surface area contributed by atoms with Gasteiger partial charge in [-0.2, -0.15) is 0 Å². The molecular weight excluding hydrogens is 274 g/mol. The van der Waals surface area contributed by atoms with Crippen LogP contribution in [0.15, 0.2) is 57.8 Å². The number of halogens is 1. The molecule has 4 heteroatoms. The molecule has 0 N–H and O–H groups in total. The third-order valence-corrected chi connectivity index (χ3v) is 3.27. The van der Waals surface area contributed by atoms with E-state index in [0.29, 0.717) is 16.1 Å². The average molecular weight is 284 g/mol. The first-order valence-corrected chi connectivity index (χ1v) is 6.45. The molecule has 0 aliphatic rings. The predicted octanol–water partition coefficient (Wildman–Crippen LogP) is 4.01. The summed E-state index contributed by atoms with van der Waals surface area (Å²) in [5.41, 5.74) is 1.56. The van der Waals surface area contributed by atoms with Gasteiger partial charge in [-0.25, -0.2) is 0 Å². The van der Waals surface area contributed by atoms with E-state index in [1.54, 1.807) is 24.3 Å². The van der Waals surface area contributed by atoms with Gasteiger partial charge in [0.15, 0.2) is 0 Å². The Kier molecular flexibility index (Phi) is 3.35. The van der Waals surface area contributed by atoms with E-state index in [9.17, 15) is 4.79 Å². The number of rotatable bonds is 2. The highest BCUT2D eigenvalue weighted by atomic mass is 35.5. The number of hydrogen-bond donors (Lipinski definition) is 0. The fourth-order valence-electron chi connectivity index (χ4n) is 1.92. The van der Waals surface area contributed by atoms with Crippen LogP contribution in [0.2, 0.25) is 5.02 Å². The van der Waals surface area contributed by atoms with E-state index in [2.05, 4.69) is 5.16 Å². The highest BCUT2D eigenvalue weighted by Gasteiger charge is 2.06. The van der Waals surface area contributed by atoms with Gasteiger partial charge in [0.2, 0.25) is 11.0 Å². The van der Waals surface area contributed by atoms with Gasteiger partial charge in [0.1, 0.15) is 5.69 Å². The largest absolute Gasteiger partial charge is 0.351 e. The summed E-state index contributed by atoms with van der Waals surface area (Å²) in [4.78, 5) is 11.7. The number of hydrogen-bond acceptors (Lipinski definition) is 3. The fourth-order valence-corrected chi connectivity index (χ4v) is 2.12. The van der Waals surface area contributed by atoms with Gasteiger partial charge in [-0.15, -0.1) is 0 Å². The maximum atomic E-state index is 11.7. The molecule has 0 saturated carbocycles. The van der Waals surface area contributed by atoms with Crippen LogP contribution in [0.3, 0.4) is 0 Å². The fraction of sp³-hybridized carbons (Fsp3) is 0. The topological polar surface area (TPSA) is 43.1 Å². The van der Waals surface area contributed by atoms with Crippen molar-refractivity contribution in [2.24, 2.45) is 0 Å². The van der Waals surface area contributed by atoms with Gasteiger partial charge in [0.05, 0.1) is 5.39 Å². The molecule has 20 heavy (non-hydrogen) atoms. The minimum Gasteiger partial charge on any atom is -0.351 e. The van der Waals surface area contributed by atoms with Gasteiger partial charge in [-0.05, 0) is 29.8 Å². The Morgan fingerprint density at radius 2 is 1.75 bits per heavy atom. The Hall–Kier alpha value is -2.39. The van der Waals surface area contributed by atoms with Crippen molar-refractivity contribution < 1.29 is 4.52 Å². The number of nitrogens with zero attached hydrogens (tertiary/aromatic N) is 1. The van der Waals surface area contributed by atoms with Crippen LogP contribution in [-0.4, -0.2) is 5.16 Å². The Morgan fingerprint density at radius 3 is 2.60 bits per heavy atom. The molecule has 0 unspecified atom stereocenters. The third kappa shape index (κ3) is 2.36. The summed E-state index contributed by atoms with van der Waals surface area (Å²) in [6, 6.07) is 14.2. The summed E-state index contributed by atoms with van der Waals surface area (Å²) in [5.74, 6) is 0. The van der Waals surface area contributed by atoms with Crippen molar-refractivity contribution in [2.45, 2.75) is 0 Å². The van der Waals surface area contributed by atoms with E-state index in [4.69, 9.17) is 16.1 Å². The van der Waals surface area contributed by atoms with Crippen LogP contribution in [0.4, 0.5) is 0 Å². The van der Waals surface area contributed by atoms with E-state index in [1.807, 2.05) is 30.3 Å². The van der Waals surface area contributed by atoms with Crippen molar-refractivity contribution in [3.63, 3.8) is 0 Å². The summed E-state index contributed by atoms with van der Waals surface area (Å²) in [6.45, 7) is 0. The van der Waals surface area contributed by atoms with Crippen LogP contribution in [0.1, 0.15) is 11.3 Å². The first kappa shape index (κ1) is 12.6. The Bertz CT molecular complexity index is 852. The lowest BCUT2D eigenvalue weighted by Crippen LogP contribution is -1.91. The van der Waals surface area contributed by atoms with Crippen molar-refractivity contribution in [3.05, 3.63) is 75.0 Å². The molecule has 0 radical (unpaired) electrons. The van der Waals surface area contributed by atoms with Crippen LogP contribution in [0.25, 0.3) is 23.1 Å². The van der Waals surface area contributed by atoms with Gasteiger partial charge in [0, 0.05) is 5.02 Å². The quantitative estimate of drug-likeness (QED) is 0.713. The minimum atomic E-state index is -0.185. The first-order chi connectivity index (χ1) is 9.75. The molecule has 3 aromatic rings. The molecule has 0 fully saturated rings. The molecule has 0 atom stereocenters. The van der Waals surface area contributed by atoms with Gasteiger partial charge in [-0.3, -0.25) is 4.79 Å². The Labute approximate surface area is 120 Å². The van der Waals surface area contributed by atoms with Crippen molar-refractivity contribution in [2.75, 3.05) is 0 Å². The molecule has 1 heterocycles. The van der Waals surface area contributed by atoms with Gasteiger partial charge < -0.3 is 4.52 Å². The third-order valence-electron chi connectivity index (χ3n) is 2.93. The van der Waals surface area contributed by atoms with E-state index < -0.39 is 0 Å². The highest BCUT2D eigenvalue weighted by Crippen LogP contribution is 2.20. The van der Waals surface area contributed by atoms with Gasteiger partial charge in [-0.1, -0.05) is 53.2 Å². The molecule has 98 valence electrons. The van der Waals surface area contributed by atoms with Gasteiger partial charge >= 0.3 is 0 Å². The molecule has 2 aromatic carbocycles. The highest BCUT2D eigenvalue weighted by molar-refractivity contribution is 6.32. The molecule has 0 aliphatic heterocycles. The summed E-state index contributed by atoms with van der Waals surface area (Å²) in [7, 11) is 0. The Balaban J connectivity index is 2.09. The smallest absolute Gasteiger partial charge is 0.224 e. The van der Waals surface area contributed by atoms with Crippen LogP contribution in [-0.2, 0) is 0 Å². The summed E-state index contributed by atoms with van der Waals surface area (Å²) in [6.07, 6.45) is 3.63. The van der Waals surface area contributed by atoms with Crippen LogP contribution >= 0.6 is 11.6 Å². The summed E-state index contributed by atoms with van der Waals surface area (Å²) in [5, 5.41) is 5.27. The van der Waals surface area contributed by atoms with Crippen molar-refractivity contribution in [1.29, 1.82) is 0 Å². The SMILES string of the molecule is O=c1ccccc2c(C=Cc3ccccc3Cl)noc12. The zero-order valence-corrected chi connectivity index (χ0v) is 11.2. The standard InChI is InChI=1S/C16H10ClNO2/c17-13-7-3-1-5-11(13)9-10-14-12-6-2-4-8-15(19)16(12)20-18-14/h1-10H. The summed E-state index contributed by atoms with van der Waals surface area (Å²) >= 11 is 6.08. The van der Waals surface area contributed by atoms with E-state index in [0.717, 1.165) is 5.56 Å². The van der Waals surface area contributed by atoms with Crippen molar-refractivity contribution in [3.8, 4) is 0 Å². The van der Waals surface area contributed by atoms with Crippen LogP contribution < -0.4 is 5.43 Å². The zero-order chi connectivity index (χ0) is 13.9. The Morgan fingerprint density at radius 1 is 1.00 bits per heavy atom. The van der Waals surface area contributed by atoms with Gasteiger partial charge in [0.25, 0.3) is 0 Å². The van der Waals surface area contributed by atoms with E-state index in [1.165, 1.54) is 6.07 Å². The maximum Gasteiger partial charge on any atom is 0.224 e. The molecule has 0 amide bonds. The van der Waals surface area contributed by atoms with Crippen molar-refractivity contribution >= 4 is 34.7 Å². The second-order valence-electron chi connectivity index (χ2n) is 4.25. The minimum absolute atomic E-state index is 0.185. The second-order valence-corrected chi connectivity index (χ2v) is 4.66. The van der Waals surface area contributed by atoms with Crippen LogP contribution in [0.5, 0.6) is 0 Å². The molecular formula is C16H10ClNO2.